The van der Waals surface area contributed by atoms with Crippen molar-refractivity contribution in [2.24, 2.45) is 0 Å². The normalized spacial score (nSPS) is 26.9. The fraction of sp³-hybridized carbons (Fsp3) is 0.690. The minimum atomic E-state index is -0.530. The number of imide groups is 1. The maximum atomic E-state index is 12.3. The molecule has 2 aliphatic heterocycles. The lowest BCUT2D eigenvalue weighted by molar-refractivity contribution is -0.136. The molecule has 2 N–H and O–H groups in total. The molecule has 0 spiro atoms. The van der Waals surface area contributed by atoms with E-state index < -0.39 is 6.04 Å². The highest BCUT2D eigenvalue weighted by molar-refractivity contribution is 6.05. The van der Waals surface area contributed by atoms with Crippen LogP contribution in [0.1, 0.15) is 106 Å². The number of fused-ring (bicyclic) bond motifs is 1. The van der Waals surface area contributed by atoms with E-state index in [0.29, 0.717) is 30.7 Å². The van der Waals surface area contributed by atoms with Crippen LogP contribution in [0.3, 0.4) is 0 Å². The molecule has 1 atom stereocenters. The van der Waals surface area contributed by atoms with Gasteiger partial charge in [0.25, 0.3) is 5.91 Å². The SMILES string of the molecule is CC(C)OC1CCC(NC2CCCCC2)CC1.Cc1ccc2c(c1)CN(C1CCC(=O)NC1=O)C2=O. The number of carbonyl (C=O) groups excluding carboxylic acids is 3. The molecule has 7 nitrogen and oxygen atoms in total. The molecule has 7 heteroatoms. The standard InChI is InChI=1S/C15H29NO.C14H14N2O3/c1-12(2)17-15-10-8-14(9-11-15)16-13-6-4-3-5-7-13;1-8-2-3-10-9(6-8)7-16(14(10)19)11-4-5-12(17)15-13(11)18/h12-16H,3-11H2,1-2H3;2-3,6,11H,4-5,7H2,1H3,(H,15,17,18). The number of nitrogens with zero attached hydrogens (tertiary/aromatic N) is 1. The second-order valence-electron chi connectivity index (χ2n) is 11.2. The van der Waals surface area contributed by atoms with E-state index in [-0.39, 0.29) is 24.1 Å². The van der Waals surface area contributed by atoms with E-state index in [0.717, 1.165) is 23.2 Å². The predicted octanol–water partition coefficient (Wildman–Crippen LogP) is 4.40. The number of ether oxygens (including phenoxy) is 1. The Kier molecular flexibility index (Phi) is 9.18. The Morgan fingerprint density at radius 3 is 2.31 bits per heavy atom. The summed E-state index contributed by atoms with van der Waals surface area (Å²) >= 11 is 0. The van der Waals surface area contributed by atoms with Crippen molar-refractivity contribution in [2.75, 3.05) is 0 Å². The molecule has 1 aromatic carbocycles. The zero-order valence-electron chi connectivity index (χ0n) is 22.2. The van der Waals surface area contributed by atoms with Gasteiger partial charge in [-0.25, -0.2) is 0 Å². The van der Waals surface area contributed by atoms with Crippen LogP contribution in [0.15, 0.2) is 18.2 Å². The van der Waals surface area contributed by atoms with E-state index >= 15 is 0 Å². The fourth-order valence-electron chi connectivity index (χ4n) is 6.06. The van der Waals surface area contributed by atoms with Crippen LogP contribution >= 0.6 is 0 Å². The summed E-state index contributed by atoms with van der Waals surface area (Å²) in [7, 11) is 0. The van der Waals surface area contributed by atoms with Crippen molar-refractivity contribution >= 4 is 17.7 Å². The minimum Gasteiger partial charge on any atom is -0.376 e. The van der Waals surface area contributed by atoms with Crippen LogP contribution < -0.4 is 10.6 Å². The van der Waals surface area contributed by atoms with Gasteiger partial charge in [-0.05, 0) is 77.3 Å². The molecule has 3 fully saturated rings. The Labute approximate surface area is 215 Å². The van der Waals surface area contributed by atoms with Gasteiger partial charge in [0.2, 0.25) is 11.8 Å². The molecule has 2 aliphatic carbocycles. The van der Waals surface area contributed by atoms with Gasteiger partial charge < -0.3 is 15.0 Å². The van der Waals surface area contributed by atoms with Gasteiger partial charge >= 0.3 is 0 Å². The lowest BCUT2D eigenvalue weighted by Crippen LogP contribution is -2.52. The lowest BCUT2D eigenvalue weighted by Gasteiger charge is -2.34. The van der Waals surface area contributed by atoms with Gasteiger partial charge in [0.1, 0.15) is 6.04 Å². The Hall–Kier alpha value is -2.25. The number of hydrogen-bond donors (Lipinski definition) is 2. The fourth-order valence-corrected chi connectivity index (χ4v) is 6.06. The second-order valence-corrected chi connectivity index (χ2v) is 11.2. The molecule has 0 bridgehead atoms. The average Bonchev–Trinajstić information content (AvgIpc) is 3.16. The smallest absolute Gasteiger partial charge is 0.255 e. The van der Waals surface area contributed by atoms with Gasteiger partial charge in [-0.3, -0.25) is 19.7 Å². The number of piperidine rings is 1. The maximum Gasteiger partial charge on any atom is 0.255 e. The summed E-state index contributed by atoms with van der Waals surface area (Å²) in [5, 5.41) is 6.17. The monoisotopic (exact) mass is 497 g/mol. The van der Waals surface area contributed by atoms with E-state index in [4.69, 9.17) is 4.74 Å². The van der Waals surface area contributed by atoms with Gasteiger partial charge in [0.05, 0.1) is 12.2 Å². The topological polar surface area (TPSA) is 87.7 Å². The molecule has 4 aliphatic rings. The first-order valence-electron chi connectivity index (χ1n) is 14.0. The summed E-state index contributed by atoms with van der Waals surface area (Å²) < 4.78 is 5.90. The maximum absolute atomic E-state index is 12.3. The molecule has 3 amide bonds. The molecule has 2 heterocycles. The molecule has 1 saturated heterocycles. The number of carbonyl (C=O) groups is 3. The molecule has 2 saturated carbocycles. The molecule has 0 radical (unpaired) electrons. The average molecular weight is 498 g/mol. The summed E-state index contributed by atoms with van der Waals surface area (Å²) in [6.07, 6.45) is 13.9. The first kappa shape index (κ1) is 26.8. The van der Waals surface area contributed by atoms with Gasteiger partial charge in [-0.1, -0.05) is 37.0 Å². The molecule has 1 unspecified atom stereocenters. The second kappa shape index (κ2) is 12.3. The van der Waals surface area contributed by atoms with Crippen LogP contribution in [-0.2, 0) is 20.9 Å². The van der Waals surface area contributed by atoms with Gasteiger partial charge in [0, 0.05) is 30.6 Å². The summed E-state index contributed by atoms with van der Waals surface area (Å²) in [4.78, 5) is 36.8. The van der Waals surface area contributed by atoms with E-state index in [1.807, 2.05) is 19.1 Å². The Balaban J connectivity index is 0.000000170. The molecule has 198 valence electrons. The Bertz CT molecular complexity index is 932. The van der Waals surface area contributed by atoms with Crippen LogP contribution in [-0.4, -0.2) is 53.0 Å². The van der Waals surface area contributed by atoms with E-state index in [2.05, 4.69) is 24.5 Å². The van der Waals surface area contributed by atoms with E-state index in [1.54, 1.807) is 11.0 Å². The first-order chi connectivity index (χ1) is 17.3. The zero-order valence-corrected chi connectivity index (χ0v) is 22.2. The summed E-state index contributed by atoms with van der Waals surface area (Å²) in [5.74, 6) is -0.750. The van der Waals surface area contributed by atoms with Crippen LogP contribution in [0.25, 0.3) is 0 Å². The number of hydrogen-bond acceptors (Lipinski definition) is 5. The van der Waals surface area contributed by atoms with Crippen molar-refractivity contribution in [2.45, 2.75) is 128 Å². The van der Waals surface area contributed by atoms with Crippen LogP contribution in [0, 0.1) is 6.92 Å². The quantitative estimate of drug-likeness (QED) is 0.589. The minimum absolute atomic E-state index is 0.121. The number of amides is 3. The third-order valence-electron chi connectivity index (χ3n) is 7.89. The predicted molar refractivity (Wildman–Crippen MR) is 139 cm³/mol. The number of benzene rings is 1. The van der Waals surface area contributed by atoms with Crippen LogP contribution in [0.2, 0.25) is 0 Å². The third-order valence-corrected chi connectivity index (χ3v) is 7.89. The Morgan fingerprint density at radius 1 is 0.944 bits per heavy atom. The first-order valence-corrected chi connectivity index (χ1v) is 14.0. The lowest BCUT2D eigenvalue weighted by atomic mass is 9.89. The summed E-state index contributed by atoms with van der Waals surface area (Å²) in [6, 6.07) is 6.72. The van der Waals surface area contributed by atoms with E-state index in [1.165, 1.54) is 57.8 Å². The van der Waals surface area contributed by atoms with Crippen molar-refractivity contribution in [3.05, 3.63) is 34.9 Å². The number of aryl methyl sites for hydroxylation is 1. The van der Waals surface area contributed by atoms with Crippen molar-refractivity contribution in [3.8, 4) is 0 Å². The summed E-state index contributed by atoms with van der Waals surface area (Å²) in [6.45, 7) is 6.71. The van der Waals surface area contributed by atoms with Crippen molar-refractivity contribution in [1.29, 1.82) is 0 Å². The molecule has 0 aromatic heterocycles. The highest BCUT2D eigenvalue weighted by Crippen LogP contribution is 2.28. The van der Waals surface area contributed by atoms with E-state index in [9.17, 15) is 14.4 Å². The molecule has 5 rings (SSSR count). The van der Waals surface area contributed by atoms with Gasteiger partial charge in [0.15, 0.2) is 0 Å². The van der Waals surface area contributed by atoms with Crippen molar-refractivity contribution in [3.63, 3.8) is 0 Å². The largest absolute Gasteiger partial charge is 0.376 e. The van der Waals surface area contributed by atoms with Crippen LogP contribution in [0.5, 0.6) is 0 Å². The van der Waals surface area contributed by atoms with Crippen molar-refractivity contribution < 1.29 is 19.1 Å². The molecular weight excluding hydrogens is 454 g/mol. The summed E-state index contributed by atoms with van der Waals surface area (Å²) in [5.41, 5.74) is 2.71. The zero-order chi connectivity index (χ0) is 25.7. The van der Waals surface area contributed by atoms with Gasteiger partial charge in [-0.15, -0.1) is 0 Å². The molecule has 1 aromatic rings. The number of rotatable bonds is 5. The van der Waals surface area contributed by atoms with Gasteiger partial charge in [-0.2, -0.15) is 0 Å². The highest BCUT2D eigenvalue weighted by atomic mass is 16.5. The third kappa shape index (κ3) is 6.94. The molecule has 36 heavy (non-hydrogen) atoms. The number of nitrogens with one attached hydrogen (secondary N) is 2. The highest BCUT2D eigenvalue weighted by Gasteiger charge is 2.38. The van der Waals surface area contributed by atoms with Crippen LogP contribution in [0.4, 0.5) is 0 Å². The van der Waals surface area contributed by atoms with Crippen molar-refractivity contribution in [1.82, 2.24) is 15.5 Å². The molecular formula is C29H43N3O4. The Morgan fingerprint density at radius 2 is 1.64 bits per heavy atom.